The normalized spacial score (nSPS) is 10.6. The Morgan fingerprint density at radius 1 is 1.04 bits per heavy atom. The number of H-pyrrole nitrogens is 1. The third kappa shape index (κ3) is 2.99. The molecular formula is C18H18N2O3. The number of rotatable bonds is 4. The van der Waals surface area contributed by atoms with Gasteiger partial charge in [0.05, 0.1) is 19.9 Å². The van der Waals surface area contributed by atoms with Gasteiger partial charge in [-0.25, -0.2) is 0 Å². The van der Waals surface area contributed by atoms with Crippen LogP contribution in [0.25, 0.3) is 10.9 Å². The SMILES string of the molecule is COc1ccc(OC)c(NC(=O)c2cc3ccc(C)cc3[nH]2)c1. The first kappa shape index (κ1) is 15.0. The molecule has 0 aliphatic rings. The molecule has 3 rings (SSSR count). The van der Waals surface area contributed by atoms with Gasteiger partial charge >= 0.3 is 0 Å². The van der Waals surface area contributed by atoms with E-state index in [0.29, 0.717) is 22.9 Å². The number of ether oxygens (including phenoxy) is 2. The number of carbonyl (C=O) groups is 1. The number of aromatic nitrogens is 1. The van der Waals surface area contributed by atoms with E-state index < -0.39 is 0 Å². The standard InChI is InChI=1S/C18H18N2O3/c1-11-4-5-12-9-16(19-14(12)8-11)18(21)20-15-10-13(22-2)6-7-17(15)23-3/h4-10,19H,1-3H3,(H,20,21). The van der Waals surface area contributed by atoms with Crippen LogP contribution >= 0.6 is 0 Å². The van der Waals surface area contributed by atoms with Crippen molar-refractivity contribution in [2.45, 2.75) is 6.92 Å². The second kappa shape index (κ2) is 6.04. The van der Waals surface area contributed by atoms with E-state index >= 15 is 0 Å². The molecule has 3 aromatic rings. The maximum Gasteiger partial charge on any atom is 0.272 e. The summed E-state index contributed by atoms with van der Waals surface area (Å²) in [5, 5.41) is 3.85. The number of fused-ring (bicyclic) bond motifs is 1. The van der Waals surface area contributed by atoms with Crippen molar-refractivity contribution in [3.8, 4) is 11.5 Å². The number of aryl methyl sites for hydroxylation is 1. The molecule has 1 amide bonds. The van der Waals surface area contributed by atoms with Crippen LogP contribution in [0, 0.1) is 6.92 Å². The topological polar surface area (TPSA) is 63.4 Å². The van der Waals surface area contributed by atoms with E-state index in [1.165, 1.54) is 0 Å². The molecule has 0 saturated carbocycles. The van der Waals surface area contributed by atoms with Crippen molar-refractivity contribution in [3.05, 3.63) is 53.7 Å². The van der Waals surface area contributed by atoms with Gasteiger partial charge in [-0.05, 0) is 36.8 Å². The van der Waals surface area contributed by atoms with Crippen LogP contribution in [0.15, 0.2) is 42.5 Å². The minimum absolute atomic E-state index is 0.231. The minimum atomic E-state index is -0.231. The quantitative estimate of drug-likeness (QED) is 0.771. The van der Waals surface area contributed by atoms with Crippen LogP contribution in [0.2, 0.25) is 0 Å². The van der Waals surface area contributed by atoms with E-state index in [1.54, 1.807) is 32.4 Å². The van der Waals surface area contributed by atoms with Crippen LogP contribution in [0.3, 0.4) is 0 Å². The van der Waals surface area contributed by atoms with E-state index in [4.69, 9.17) is 9.47 Å². The van der Waals surface area contributed by atoms with Crippen molar-refractivity contribution in [1.29, 1.82) is 0 Å². The number of anilines is 1. The molecule has 0 bridgehead atoms. The van der Waals surface area contributed by atoms with E-state index in [2.05, 4.69) is 10.3 Å². The van der Waals surface area contributed by atoms with Gasteiger partial charge in [-0.1, -0.05) is 12.1 Å². The predicted molar refractivity (Wildman–Crippen MR) is 90.5 cm³/mol. The summed E-state index contributed by atoms with van der Waals surface area (Å²) in [4.78, 5) is 15.6. The Hall–Kier alpha value is -2.95. The lowest BCUT2D eigenvalue weighted by Gasteiger charge is -2.11. The first-order valence-electron chi connectivity index (χ1n) is 7.23. The van der Waals surface area contributed by atoms with E-state index in [9.17, 15) is 4.79 Å². The van der Waals surface area contributed by atoms with Crippen LogP contribution in [0.1, 0.15) is 16.1 Å². The highest BCUT2D eigenvalue weighted by Crippen LogP contribution is 2.29. The van der Waals surface area contributed by atoms with Gasteiger partial charge in [0.25, 0.3) is 5.91 Å². The summed E-state index contributed by atoms with van der Waals surface area (Å²) in [5.41, 5.74) is 3.13. The van der Waals surface area contributed by atoms with Gasteiger partial charge < -0.3 is 19.8 Å². The lowest BCUT2D eigenvalue weighted by molar-refractivity contribution is 0.102. The second-order valence-corrected chi connectivity index (χ2v) is 5.29. The first-order chi connectivity index (χ1) is 11.1. The van der Waals surface area contributed by atoms with E-state index in [1.807, 2.05) is 31.2 Å². The summed E-state index contributed by atoms with van der Waals surface area (Å²) in [6.45, 7) is 2.02. The molecule has 0 radical (unpaired) electrons. The fourth-order valence-electron chi connectivity index (χ4n) is 2.46. The number of hydrogen-bond acceptors (Lipinski definition) is 3. The van der Waals surface area contributed by atoms with Gasteiger partial charge in [0.1, 0.15) is 17.2 Å². The van der Waals surface area contributed by atoms with Gasteiger partial charge in [0.2, 0.25) is 0 Å². The molecule has 0 saturated heterocycles. The Morgan fingerprint density at radius 3 is 2.61 bits per heavy atom. The molecule has 0 aliphatic heterocycles. The third-order valence-corrected chi connectivity index (χ3v) is 3.68. The Labute approximate surface area is 134 Å². The predicted octanol–water partition coefficient (Wildman–Crippen LogP) is 3.75. The fourth-order valence-corrected chi connectivity index (χ4v) is 2.46. The number of methoxy groups -OCH3 is 2. The Morgan fingerprint density at radius 2 is 1.87 bits per heavy atom. The maximum atomic E-state index is 12.5. The van der Waals surface area contributed by atoms with Gasteiger partial charge in [-0.2, -0.15) is 0 Å². The van der Waals surface area contributed by atoms with E-state index in [0.717, 1.165) is 16.5 Å². The minimum Gasteiger partial charge on any atom is -0.497 e. The first-order valence-corrected chi connectivity index (χ1v) is 7.23. The zero-order chi connectivity index (χ0) is 16.4. The molecule has 118 valence electrons. The largest absolute Gasteiger partial charge is 0.497 e. The number of amides is 1. The molecule has 1 heterocycles. The van der Waals surface area contributed by atoms with Crippen LogP contribution in [-0.4, -0.2) is 25.1 Å². The molecule has 0 atom stereocenters. The van der Waals surface area contributed by atoms with Crippen molar-refractivity contribution >= 4 is 22.5 Å². The van der Waals surface area contributed by atoms with Crippen LogP contribution in [0.5, 0.6) is 11.5 Å². The molecule has 0 spiro atoms. The number of benzene rings is 2. The third-order valence-electron chi connectivity index (χ3n) is 3.68. The number of hydrogen-bond donors (Lipinski definition) is 2. The zero-order valence-electron chi connectivity index (χ0n) is 13.3. The summed E-state index contributed by atoms with van der Waals surface area (Å²) >= 11 is 0. The Bertz CT molecular complexity index is 868. The number of aromatic amines is 1. The fraction of sp³-hybridized carbons (Fsp3) is 0.167. The smallest absolute Gasteiger partial charge is 0.272 e. The highest BCUT2D eigenvalue weighted by atomic mass is 16.5. The van der Waals surface area contributed by atoms with Crippen molar-refractivity contribution < 1.29 is 14.3 Å². The van der Waals surface area contributed by atoms with Crippen molar-refractivity contribution in [2.75, 3.05) is 19.5 Å². The summed E-state index contributed by atoms with van der Waals surface area (Å²) in [6, 6.07) is 13.1. The van der Waals surface area contributed by atoms with Crippen molar-refractivity contribution in [3.63, 3.8) is 0 Å². The highest BCUT2D eigenvalue weighted by molar-refractivity contribution is 6.06. The average Bonchev–Trinajstić information content (AvgIpc) is 2.98. The molecule has 0 fully saturated rings. The number of nitrogens with one attached hydrogen (secondary N) is 2. The van der Waals surface area contributed by atoms with Gasteiger partial charge in [0.15, 0.2) is 0 Å². The summed E-state index contributed by atoms with van der Waals surface area (Å²) in [5.74, 6) is 0.991. The van der Waals surface area contributed by atoms with Crippen molar-refractivity contribution in [1.82, 2.24) is 4.98 Å². The monoisotopic (exact) mass is 310 g/mol. The van der Waals surface area contributed by atoms with Crippen LogP contribution < -0.4 is 14.8 Å². The number of carbonyl (C=O) groups excluding carboxylic acids is 1. The summed E-state index contributed by atoms with van der Waals surface area (Å²) < 4.78 is 10.5. The van der Waals surface area contributed by atoms with E-state index in [-0.39, 0.29) is 5.91 Å². The lowest BCUT2D eigenvalue weighted by Crippen LogP contribution is -2.13. The molecule has 1 aromatic heterocycles. The molecule has 5 nitrogen and oxygen atoms in total. The van der Waals surface area contributed by atoms with Crippen LogP contribution in [0.4, 0.5) is 5.69 Å². The molecule has 23 heavy (non-hydrogen) atoms. The van der Waals surface area contributed by atoms with Gasteiger partial charge in [-0.15, -0.1) is 0 Å². The second-order valence-electron chi connectivity index (χ2n) is 5.29. The molecule has 2 N–H and O–H groups in total. The Kier molecular flexibility index (Phi) is 3.93. The molecule has 0 aliphatic carbocycles. The highest BCUT2D eigenvalue weighted by Gasteiger charge is 2.13. The van der Waals surface area contributed by atoms with Crippen LogP contribution in [-0.2, 0) is 0 Å². The van der Waals surface area contributed by atoms with Crippen molar-refractivity contribution in [2.24, 2.45) is 0 Å². The Balaban J connectivity index is 1.91. The maximum absolute atomic E-state index is 12.5. The molecule has 5 heteroatoms. The molecular weight excluding hydrogens is 292 g/mol. The summed E-state index contributed by atoms with van der Waals surface area (Å²) in [7, 11) is 3.14. The van der Waals surface area contributed by atoms with Gasteiger partial charge in [-0.3, -0.25) is 4.79 Å². The molecule has 0 unspecified atom stereocenters. The van der Waals surface area contributed by atoms with Gasteiger partial charge in [0, 0.05) is 17.0 Å². The molecule has 2 aromatic carbocycles. The summed E-state index contributed by atoms with van der Waals surface area (Å²) in [6.07, 6.45) is 0. The lowest BCUT2D eigenvalue weighted by atomic mass is 10.2. The zero-order valence-corrected chi connectivity index (χ0v) is 13.3. The average molecular weight is 310 g/mol.